The Labute approximate surface area is 135 Å². The Morgan fingerprint density at radius 1 is 1.26 bits per heavy atom. The van der Waals surface area contributed by atoms with Gasteiger partial charge in [0.05, 0.1) is 18.4 Å². The van der Waals surface area contributed by atoms with E-state index >= 15 is 0 Å². The molecule has 0 amide bonds. The molecule has 23 heavy (non-hydrogen) atoms. The second kappa shape index (κ2) is 6.16. The highest BCUT2D eigenvalue weighted by Crippen LogP contribution is 2.30. The summed E-state index contributed by atoms with van der Waals surface area (Å²) in [5.74, 6) is 0.861. The largest absolute Gasteiger partial charge is 0.497 e. The zero-order valence-electron chi connectivity index (χ0n) is 13.6. The van der Waals surface area contributed by atoms with Crippen molar-refractivity contribution in [3.8, 4) is 11.6 Å². The Hall–Kier alpha value is -2.75. The lowest BCUT2D eigenvalue weighted by Crippen LogP contribution is -1.87. The van der Waals surface area contributed by atoms with E-state index in [1.54, 1.807) is 13.3 Å². The molecule has 0 saturated carbocycles. The summed E-state index contributed by atoms with van der Waals surface area (Å²) in [6, 6.07) is 11.8. The van der Waals surface area contributed by atoms with E-state index < -0.39 is 0 Å². The van der Waals surface area contributed by atoms with Crippen molar-refractivity contribution in [1.29, 1.82) is 0 Å². The van der Waals surface area contributed by atoms with Crippen molar-refractivity contribution >= 4 is 22.8 Å². The van der Waals surface area contributed by atoms with Crippen LogP contribution in [0, 0.1) is 6.92 Å². The van der Waals surface area contributed by atoms with Crippen LogP contribution in [0.25, 0.3) is 10.9 Å². The van der Waals surface area contributed by atoms with Crippen LogP contribution in [0.15, 0.2) is 41.4 Å². The summed E-state index contributed by atoms with van der Waals surface area (Å²) in [5.41, 5.74) is 4.80. The third-order valence-corrected chi connectivity index (χ3v) is 4.05. The molecule has 0 aliphatic carbocycles. The second-order valence-corrected chi connectivity index (χ2v) is 5.49. The number of nitrogens with zero attached hydrogens (tertiary/aromatic N) is 1. The number of aromatic amines is 1. The predicted octanol–water partition coefficient (Wildman–Crippen LogP) is 4.50. The number of benzene rings is 2. The summed E-state index contributed by atoms with van der Waals surface area (Å²) in [6.45, 7) is 4.16. The number of para-hydroxylation sites is 1. The van der Waals surface area contributed by atoms with Crippen LogP contribution in [-0.4, -0.2) is 23.4 Å². The first-order valence-electron chi connectivity index (χ1n) is 7.65. The number of aryl methyl sites for hydroxylation is 2. The summed E-state index contributed by atoms with van der Waals surface area (Å²) in [5, 5.41) is 11.1. The number of hydrogen-bond acceptors (Lipinski definition) is 3. The molecule has 2 aromatic carbocycles. The van der Waals surface area contributed by atoms with E-state index in [4.69, 9.17) is 4.74 Å². The number of rotatable bonds is 4. The Kier molecular flexibility index (Phi) is 4.06. The van der Waals surface area contributed by atoms with Gasteiger partial charge in [-0.15, -0.1) is 0 Å². The van der Waals surface area contributed by atoms with E-state index in [9.17, 15) is 5.11 Å². The molecule has 0 aliphatic heterocycles. The van der Waals surface area contributed by atoms with Gasteiger partial charge < -0.3 is 14.8 Å². The van der Waals surface area contributed by atoms with E-state index in [0.29, 0.717) is 5.56 Å². The van der Waals surface area contributed by atoms with Crippen LogP contribution in [-0.2, 0) is 6.42 Å². The van der Waals surface area contributed by atoms with Crippen molar-refractivity contribution in [3.05, 3.63) is 53.1 Å². The van der Waals surface area contributed by atoms with Crippen molar-refractivity contribution in [2.45, 2.75) is 20.3 Å². The molecule has 0 aliphatic rings. The van der Waals surface area contributed by atoms with Crippen molar-refractivity contribution in [2.24, 2.45) is 4.99 Å². The van der Waals surface area contributed by atoms with Gasteiger partial charge in [0.2, 0.25) is 0 Å². The van der Waals surface area contributed by atoms with Gasteiger partial charge in [0, 0.05) is 17.1 Å². The van der Waals surface area contributed by atoms with Crippen LogP contribution < -0.4 is 4.74 Å². The molecule has 0 bridgehead atoms. The molecule has 3 rings (SSSR count). The quantitative estimate of drug-likeness (QED) is 0.697. The van der Waals surface area contributed by atoms with Crippen molar-refractivity contribution in [2.75, 3.05) is 7.11 Å². The average molecular weight is 308 g/mol. The Morgan fingerprint density at radius 2 is 2.09 bits per heavy atom. The molecule has 1 heterocycles. The monoisotopic (exact) mass is 308 g/mol. The highest BCUT2D eigenvalue weighted by molar-refractivity contribution is 6.03. The van der Waals surface area contributed by atoms with Crippen LogP contribution in [0.5, 0.6) is 11.6 Å². The van der Waals surface area contributed by atoms with Gasteiger partial charge in [0.15, 0.2) is 5.88 Å². The number of hydrogen-bond donors (Lipinski definition) is 2. The van der Waals surface area contributed by atoms with E-state index in [0.717, 1.165) is 34.3 Å². The van der Waals surface area contributed by atoms with Gasteiger partial charge in [-0.3, -0.25) is 4.99 Å². The van der Waals surface area contributed by atoms with Gasteiger partial charge in [-0.1, -0.05) is 25.1 Å². The number of nitrogens with one attached hydrogen (secondary N) is 1. The van der Waals surface area contributed by atoms with Gasteiger partial charge in [-0.05, 0) is 42.7 Å². The Bertz CT molecular complexity index is 878. The number of fused-ring (bicyclic) bond motifs is 1. The maximum absolute atomic E-state index is 10.2. The highest BCUT2D eigenvalue weighted by Gasteiger charge is 2.10. The zero-order valence-corrected chi connectivity index (χ0v) is 13.6. The van der Waals surface area contributed by atoms with Crippen LogP contribution in [0.3, 0.4) is 0 Å². The summed E-state index contributed by atoms with van der Waals surface area (Å²) >= 11 is 0. The molecule has 0 radical (unpaired) electrons. The molecule has 4 nitrogen and oxygen atoms in total. The molecule has 1 aromatic heterocycles. The Balaban J connectivity index is 2.10. The van der Waals surface area contributed by atoms with Crippen molar-refractivity contribution in [1.82, 2.24) is 4.98 Å². The molecular formula is C19H20N2O2. The van der Waals surface area contributed by atoms with E-state index in [2.05, 4.69) is 23.0 Å². The molecule has 2 N–H and O–H groups in total. The fraction of sp³-hybridized carbons (Fsp3) is 0.211. The maximum Gasteiger partial charge on any atom is 0.198 e. The minimum Gasteiger partial charge on any atom is -0.497 e. The minimum atomic E-state index is 0.114. The Morgan fingerprint density at radius 3 is 2.83 bits per heavy atom. The van der Waals surface area contributed by atoms with Gasteiger partial charge in [0.25, 0.3) is 0 Å². The molecular weight excluding hydrogens is 288 g/mol. The molecule has 0 atom stereocenters. The molecule has 0 saturated heterocycles. The van der Waals surface area contributed by atoms with Crippen LogP contribution in [0.1, 0.15) is 23.6 Å². The number of methoxy groups -OCH3 is 1. The highest BCUT2D eigenvalue weighted by atomic mass is 16.5. The smallest absolute Gasteiger partial charge is 0.198 e. The topological polar surface area (TPSA) is 57.6 Å². The van der Waals surface area contributed by atoms with Gasteiger partial charge >= 0.3 is 0 Å². The fourth-order valence-electron chi connectivity index (χ4n) is 2.75. The second-order valence-electron chi connectivity index (χ2n) is 5.49. The normalized spacial score (nSPS) is 11.4. The molecule has 0 unspecified atom stereocenters. The first-order valence-corrected chi connectivity index (χ1v) is 7.65. The first-order chi connectivity index (χ1) is 11.1. The number of aliphatic imine (C=N–C) groups is 1. The number of aromatic nitrogens is 1. The van der Waals surface area contributed by atoms with Crippen LogP contribution >= 0.6 is 0 Å². The molecule has 3 aromatic rings. The third kappa shape index (κ3) is 2.80. The molecule has 0 fully saturated rings. The first kappa shape index (κ1) is 15.2. The predicted molar refractivity (Wildman–Crippen MR) is 94.3 cm³/mol. The summed E-state index contributed by atoms with van der Waals surface area (Å²) in [4.78, 5) is 7.61. The lowest BCUT2D eigenvalue weighted by atomic mass is 10.1. The molecule has 0 spiro atoms. The minimum absolute atomic E-state index is 0.114. The standard InChI is InChI=1S/C19H20N2O2/c1-4-13-7-5-6-12(2)18(13)20-11-16-15-10-14(23-3)8-9-17(15)21-19(16)22/h5-11,21-22H,4H2,1-3H3. The van der Waals surface area contributed by atoms with E-state index in [1.807, 2.05) is 37.3 Å². The number of aromatic hydroxyl groups is 1. The maximum atomic E-state index is 10.2. The van der Waals surface area contributed by atoms with Crippen molar-refractivity contribution in [3.63, 3.8) is 0 Å². The number of ether oxygens (including phenoxy) is 1. The van der Waals surface area contributed by atoms with Gasteiger partial charge in [0.1, 0.15) is 5.75 Å². The van der Waals surface area contributed by atoms with Crippen LogP contribution in [0.4, 0.5) is 5.69 Å². The SMILES string of the molecule is CCc1cccc(C)c1N=Cc1c(O)[nH]c2ccc(OC)cc12. The number of H-pyrrole nitrogens is 1. The summed E-state index contributed by atoms with van der Waals surface area (Å²) in [6.07, 6.45) is 2.64. The average Bonchev–Trinajstić information content (AvgIpc) is 2.88. The van der Waals surface area contributed by atoms with Crippen molar-refractivity contribution < 1.29 is 9.84 Å². The van der Waals surface area contributed by atoms with E-state index in [-0.39, 0.29) is 5.88 Å². The van der Waals surface area contributed by atoms with Crippen LogP contribution in [0.2, 0.25) is 0 Å². The third-order valence-electron chi connectivity index (χ3n) is 4.05. The zero-order chi connectivity index (χ0) is 16.4. The molecule has 118 valence electrons. The lowest BCUT2D eigenvalue weighted by Gasteiger charge is -2.06. The van der Waals surface area contributed by atoms with E-state index in [1.165, 1.54) is 5.56 Å². The van der Waals surface area contributed by atoms with Gasteiger partial charge in [-0.25, -0.2) is 0 Å². The van der Waals surface area contributed by atoms with Gasteiger partial charge in [-0.2, -0.15) is 0 Å². The summed E-state index contributed by atoms with van der Waals surface area (Å²) < 4.78 is 5.26. The fourth-order valence-corrected chi connectivity index (χ4v) is 2.75. The summed E-state index contributed by atoms with van der Waals surface area (Å²) in [7, 11) is 1.63. The lowest BCUT2D eigenvalue weighted by molar-refractivity contribution is 0.415. The molecule has 4 heteroatoms.